The zero-order chi connectivity index (χ0) is 20.5. The number of carbonyl (C=O) groups is 1. The van der Waals surface area contributed by atoms with Gasteiger partial charge in [0.05, 0.1) is 11.4 Å². The van der Waals surface area contributed by atoms with Crippen molar-refractivity contribution in [2.45, 2.75) is 39.2 Å². The lowest BCUT2D eigenvalue weighted by atomic mass is 10.1. The van der Waals surface area contributed by atoms with Crippen LogP contribution in [0.1, 0.15) is 36.9 Å². The molecule has 0 spiro atoms. The number of pyridine rings is 1. The van der Waals surface area contributed by atoms with Gasteiger partial charge in [-0.05, 0) is 31.9 Å². The number of hydrogen-bond donors (Lipinski definition) is 0. The number of nitrogens with zero attached hydrogens (tertiary/aromatic N) is 4. The van der Waals surface area contributed by atoms with Gasteiger partial charge in [0, 0.05) is 50.4 Å². The summed E-state index contributed by atoms with van der Waals surface area (Å²) in [4.78, 5) is 22.3. The van der Waals surface area contributed by atoms with Gasteiger partial charge in [-0.25, -0.2) is 4.98 Å². The summed E-state index contributed by atoms with van der Waals surface area (Å²) in [6, 6.07) is 14.8. The predicted molar refractivity (Wildman–Crippen MR) is 119 cm³/mol. The summed E-state index contributed by atoms with van der Waals surface area (Å²) in [6.45, 7) is 6.48. The van der Waals surface area contributed by atoms with E-state index in [1.54, 1.807) is 0 Å². The van der Waals surface area contributed by atoms with Gasteiger partial charge in [-0.2, -0.15) is 0 Å². The molecule has 0 N–H and O–H groups in total. The smallest absolute Gasteiger partial charge is 0.225 e. The van der Waals surface area contributed by atoms with Crippen LogP contribution in [0.25, 0.3) is 16.9 Å². The van der Waals surface area contributed by atoms with E-state index in [2.05, 4.69) is 63.7 Å². The van der Waals surface area contributed by atoms with Crippen molar-refractivity contribution in [3.05, 3.63) is 59.9 Å². The van der Waals surface area contributed by atoms with Gasteiger partial charge >= 0.3 is 0 Å². The highest BCUT2D eigenvalue weighted by atomic mass is 16.2. The standard InChI is InChI=1S/C25H30N4O/c1-19-9-11-20(12-10-19)24-22(29-13-5-4-8-23(29)26-24)18-27-14-16-28(17-15-27)25(30)21-6-2-3-7-21/h4-5,8-13,21H,2-3,6-7,14-18H2,1H3. The van der Waals surface area contributed by atoms with Crippen molar-refractivity contribution in [2.75, 3.05) is 26.2 Å². The van der Waals surface area contributed by atoms with Crippen LogP contribution in [0, 0.1) is 12.8 Å². The molecule has 2 aromatic heterocycles. The normalized spacial score (nSPS) is 18.4. The molecule has 5 rings (SSSR count). The SMILES string of the molecule is Cc1ccc(-c2nc3ccccn3c2CN2CCN(C(=O)C3CCCC3)CC2)cc1. The number of carbonyl (C=O) groups excluding carboxylic acids is 1. The molecule has 0 atom stereocenters. The molecule has 3 heterocycles. The second-order valence-electron chi connectivity index (χ2n) is 8.78. The topological polar surface area (TPSA) is 40.9 Å². The highest BCUT2D eigenvalue weighted by Gasteiger charge is 2.30. The largest absolute Gasteiger partial charge is 0.340 e. The summed E-state index contributed by atoms with van der Waals surface area (Å²) in [7, 11) is 0. The molecule has 1 aromatic carbocycles. The van der Waals surface area contributed by atoms with Crippen molar-refractivity contribution < 1.29 is 4.79 Å². The monoisotopic (exact) mass is 402 g/mol. The van der Waals surface area contributed by atoms with Gasteiger partial charge in [0.1, 0.15) is 5.65 Å². The lowest BCUT2D eigenvalue weighted by Crippen LogP contribution is -2.49. The number of aryl methyl sites for hydroxylation is 1. The Kier molecular flexibility index (Phi) is 5.30. The molecule has 156 valence electrons. The average Bonchev–Trinajstić information content (AvgIpc) is 3.43. The predicted octanol–water partition coefficient (Wildman–Crippen LogP) is 4.14. The van der Waals surface area contributed by atoms with Crippen LogP contribution in [0.15, 0.2) is 48.7 Å². The Morgan fingerprint density at radius 3 is 2.47 bits per heavy atom. The fraction of sp³-hybridized carbons (Fsp3) is 0.440. The van der Waals surface area contributed by atoms with Gasteiger partial charge < -0.3 is 9.30 Å². The first-order valence-corrected chi connectivity index (χ1v) is 11.2. The van der Waals surface area contributed by atoms with Gasteiger partial charge in [0.25, 0.3) is 0 Å². The van der Waals surface area contributed by atoms with Crippen molar-refractivity contribution in [3.63, 3.8) is 0 Å². The third kappa shape index (κ3) is 3.74. The number of piperazine rings is 1. The van der Waals surface area contributed by atoms with Crippen LogP contribution in [-0.2, 0) is 11.3 Å². The highest BCUT2D eigenvalue weighted by Crippen LogP contribution is 2.28. The molecule has 0 radical (unpaired) electrons. The minimum atomic E-state index is 0.281. The fourth-order valence-corrected chi connectivity index (χ4v) is 4.91. The Hall–Kier alpha value is -2.66. The molecule has 2 fully saturated rings. The van der Waals surface area contributed by atoms with Gasteiger partial charge in [-0.15, -0.1) is 0 Å². The first kappa shape index (κ1) is 19.3. The second-order valence-corrected chi connectivity index (χ2v) is 8.78. The zero-order valence-corrected chi connectivity index (χ0v) is 17.8. The van der Waals surface area contributed by atoms with Gasteiger partial charge in [-0.1, -0.05) is 48.7 Å². The molecule has 3 aromatic rings. The maximum absolute atomic E-state index is 12.8. The van der Waals surface area contributed by atoms with Crippen LogP contribution in [0.4, 0.5) is 0 Å². The van der Waals surface area contributed by atoms with Crippen LogP contribution in [0.3, 0.4) is 0 Å². The van der Waals surface area contributed by atoms with Crippen LogP contribution in [0.2, 0.25) is 0 Å². The van der Waals surface area contributed by atoms with Gasteiger partial charge in [0.2, 0.25) is 5.91 Å². The minimum Gasteiger partial charge on any atom is -0.340 e. The van der Waals surface area contributed by atoms with Crippen molar-refractivity contribution in [3.8, 4) is 11.3 Å². The summed E-state index contributed by atoms with van der Waals surface area (Å²) in [5, 5.41) is 0. The Morgan fingerprint density at radius 2 is 1.73 bits per heavy atom. The number of hydrogen-bond acceptors (Lipinski definition) is 3. The summed E-state index contributed by atoms with van der Waals surface area (Å²) in [5.41, 5.74) is 5.69. The van der Waals surface area contributed by atoms with E-state index in [0.29, 0.717) is 5.91 Å². The fourth-order valence-electron chi connectivity index (χ4n) is 4.91. The lowest BCUT2D eigenvalue weighted by Gasteiger charge is -2.36. The number of fused-ring (bicyclic) bond motifs is 1. The third-order valence-corrected chi connectivity index (χ3v) is 6.72. The molecule has 2 aliphatic rings. The van der Waals surface area contributed by atoms with E-state index in [4.69, 9.17) is 4.98 Å². The van der Waals surface area contributed by atoms with E-state index < -0.39 is 0 Å². The lowest BCUT2D eigenvalue weighted by molar-refractivity contribution is -0.137. The van der Waals surface area contributed by atoms with E-state index in [0.717, 1.165) is 62.5 Å². The Morgan fingerprint density at radius 1 is 1.00 bits per heavy atom. The van der Waals surface area contributed by atoms with E-state index >= 15 is 0 Å². The number of amides is 1. The van der Waals surface area contributed by atoms with Crippen LogP contribution < -0.4 is 0 Å². The first-order valence-electron chi connectivity index (χ1n) is 11.2. The quantitative estimate of drug-likeness (QED) is 0.658. The molecule has 1 amide bonds. The molecular formula is C25H30N4O. The van der Waals surface area contributed by atoms with E-state index in [1.807, 2.05) is 6.07 Å². The van der Waals surface area contributed by atoms with E-state index in [1.165, 1.54) is 24.1 Å². The van der Waals surface area contributed by atoms with Crippen molar-refractivity contribution >= 4 is 11.6 Å². The molecule has 5 heteroatoms. The van der Waals surface area contributed by atoms with E-state index in [9.17, 15) is 4.79 Å². The summed E-state index contributed by atoms with van der Waals surface area (Å²) in [5.74, 6) is 0.672. The number of rotatable bonds is 4. The second kappa shape index (κ2) is 8.23. The Labute approximate surface area is 178 Å². The Balaban J connectivity index is 1.35. The average molecular weight is 403 g/mol. The van der Waals surface area contributed by atoms with Crippen molar-refractivity contribution in [1.82, 2.24) is 19.2 Å². The summed E-state index contributed by atoms with van der Waals surface area (Å²) < 4.78 is 2.21. The minimum absolute atomic E-state index is 0.281. The van der Waals surface area contributed by atoms with Crippen LogP contribution >= 0.6 is 0 Å². The number of aromatic nitrogens is 2. The molecule has 1 saturated carbocycles. The maximum atomic E-state index is 12.8. The number of benzene rings is 1. The highest BCUT2D eigenvalue weighted by molar-refractivity contribution is 5.79. The van der Waals surface area contributed by atoms with Crippen LogP contribution in [0.5, 0.6) is 0 Å². The van der Waals surface area contributed by atoms with Gasteiger partial charge in [-0.3, -0.25) is 9.69 Å². The maximum Gasteiger partial charge on any atom is 0.225 e. The summed E-state index contributed by atoms with van der Waals surface area (Å²) >= 11 is 0. The zero-order valence-electron chi connectivity index (χ0n) is 17.8. The molecule has 0 unspecified atom stereocenters. The molecule has 1 aliphatic heterocycles. The molecule has 1 aliphatic carbocycles. The molecule has 0 bridgehead atoms. The molecular weight excluding hydrogens is 372 g/mol. The third-order valence-electron chi connectivity index (χ3n) is 6.72. The Bertz CT molecular complexity index is 1020. The van der Waals surface area contributed by atoms with Crippen molar-refractivity contribution in [2.24, 2.45) is 5.92 Å². The molecule has 1 saturated heterocycles. The first-order chi connectivity index (χ1) is 14.7. The number of imidazole rings is 1. The van der Waals surface area contributed by atoms with Crippen LogP contribution in [-0.4, -0.2) is 51.3 Å². The molecule has 5 nitrogen and oxygen atoms in total. The van der Waals surface area contributed by atoms with Crippen molar-refractivity contribution in [1.29, 1.82) is 0 Å². The van der Waals surface area contributed by atoms with Gasteiger partial charge in [0.15, 0.2) is 0 Å². The van der Waals surface area contributed by atoms with E-state index in [-0.39, 0.29) is 5.92 Å². The molecule has 30 heavy (non-hydrogen) atoms. The summed E-state index contributed by atoms with van der Waals surface area (Å²) in [6.07, 6.45) is 6.70.